The summed E-state index contributed by atoms with van der Waals surface area (Å²) in [5, 5.41) is 10.0. The molecule has 3 heteroatoms. The van der Waals surface area contributed by atoms with Crippen LogP contribution in [0.25, 0.3) is 0 Å². The second kappa shape index (κ2) is 5.06. The number of hydrogen-bond acceptors (Lipinski definition) is 2. The first-order chi connectivity index (χ1) is 7.77. The minimum atomic E-state index is -2.09. The van der Waals surface area contributed by atoms with Crippen molar-refractivity contribution in [2.75, 3.05) is 0 Å². The molecule has 1 atom stereocenters. The van der Waals surface area contributed by atoms with Crippen LogP contribution >= 0.6 is 0 Å². The number of phenols is 1. The molecule has 0 fully saturated rings. The van der Waals surface area contributed by atoms with E-state index in [1.54, 1.807) is 12.1 Å². The molecule has 0 aliphatic rings. The maximum absolute atomic E-state index is 12.1. The summed E-state index contributed by atoms with van der Waals surface area (Å²) in [7, 11) is 0. The van der Waals surface area contributed by atoms with Gasteiger partial charge in [-0.3, -0.25) is 0 Å². The Kier molecular flexibility index (Phi) is 3.50. The molecule has 0 aliphatic heterocycles. The maximum atomic E-state index is 12.1. The molecular weight excluding hydrogens is 267 g/mol. The molecule has 0 radical (unpaired) electrons. The van der Waals surface area contributed by atoms with Gasteiger partial charge >= 0.3 is 98.5 Å². The van der Waals surface area contributed by atoms with Gasteiger partial charge in [0.1, 0.15) is 0 Å². The van der Waals surface area contributed by atoms with Crippen molar-refractivity contribution in [3.63, 3.8) is 0 Å². The van der Waals surface area contributed by atoms with Crippen molar-refractivity contribution in [1.82, 2.24) is 0 Å². The van der Waals surface area contributed by atoms with Gasteiger partial charge in [-0.25, -0.2) is 0 Å². The summed E-state index contributed by atoms with van der Waals surface area (Å²) in [4.78, 5) is 0. The molecule has 2 rings (SSSR count). The van der Waals surface area contributed by atoms with Crippen LogP contribution in [0.1, 0.15) is 5.56 Å². The Morgan fingerprint density at radius 1 is 0.938 bits per heavy atom. The number of para-hydroxylation sites is 1. The zero-order chi connectivity index (χ0) is 11.4. The van der Waals surface area contributed by atoms with Gasteiger partial charge in [0, 0.05) is 0 Å². The Labute approximate surface area is 98.6 Å². The molecule has 1 N–H and O–H groups in total. The van der Waals surface area contributed by atoms with Gasteiger partial charge < -0.3 is 0 Å². The molecule has 2 aromatic rings. The van der Waals surface area contributed by atoms with E-state index in [4.69, 9.17) is 0 Å². The van der Waals surface area contributed by atoms with Crippen molar-refractivity contribution >= 4 is 18.3 Å². The summed E-state index contributed by atoms with van der Waals surface area (Å²) in [5.41, 5.74) is 0.756. The van der Waals surface area contributed by atoms with E-state index >= 15 is 0 Å². The van der Waals surface area contributed by atoms with Crippen LogP contribution in [0.5, 0.6) is 5.75 Å². The SMILES string of the molecule is O=[Se](Cc1ccccc1O)c1ccccc1. The predicted octanol–water partition coefficient (Wildman–Crippen LogP) is 1.80. The summed E-state index contributed by atoms with van der Waals surface area (Å²) >= 11 is -2.09. The van der Waals surface area contributed by atoms with Crippen LogP contribution in [0.3, 0.4) is 0 Å². The fourth-order valence-corrected chi connectivity index (χ4v) is 3.85. The van der Waals surface area contributed by atoms with E-state index < -0.39 is 13.8 Å². The number of phenolic OH excluding ortho intramolecular Hbond substituents is 1. The van der Waals surface area contributed by atoms with E-state index in [-0.39, 0.29) is 5.75 Å². The Balaban J connectivity index is 2.18. The van der Waals surface area contributed by atoms with E-state index in [2.05, 4.69) is 0 Å². The summed E-state index contributed by atoms with van der Waals surface area (Å²) < 4.78 is 12.9. The predicted molar refractivity (Wildman–Crippen MR) is 64.3 cm³/mol. The average molecular weight is 279 g/mol. The summed E-state index contributed by atoms with van der Waals surface area (Å²) in [6.45, 7) is 0. The summed E-state index contributed by atoms with van der Waals surface area (Å²) in [6, 6.07) is 16.5. The number of aromatic hydroxyl groups is 1. The van der Waals surface area contributed by atoms with Crippen molar-refractivity contribution in [2.24, 2.45) is 0 Å². The van der Waals surface area contributed by atoms with Gasteiger partial charge in [-0.05, 0) is 0 Å². The quantitative estimate of drug-likeness (QED) is 0.870. The zero-order valence-corrected chi connectivity index (χ0v) is 10.4. The molecule has 0 amide bonds. The van der Waals surface area contributed by atoms with Gasteiger partial charge in [-0.2, -0.15) is 0 Å². The third-order valence-corrected chi connectivity index (χ3v) is 5.16. The molecular formula is C13H12O2Se. The van der Waals surface area contributed by atoms with E-state index in [0.29, 0.717) is 5.32 Å². The van der Waals surface area contributed by atoms with Gasteiger partial charge in [0.15, 0.2) is 0 Å². The molecule has 0 bridgehead atoms. The van der Waals surface area contributed by atoms with Crippen molar-refractivity contribution in [1.29, 1.82) is 0 Å². The summed E-state index contributed by atoms with van der Waals surface area (Å²) in [6.07, 6.45) is 0. The van der Waals surface area contributed by atoms with Crippen LogP contribution in [0.15, 0.2) is 54.6 Å². The van der Waals surface area contributed by atoms with E-state index in [1.165, 1.54) is 0 Å². The van der Waals surface area contributed by atoms with Crippen LogP contribution in [-0.2, 0) is 9.15 Å². The first-order valence-corrected chi connectivity index (χ1v) is 7.74. The number of benzene rings is 2. The standard InChI is InChI=1S/C13H12O2Se/c14-13-9-5-4-6-11(13)10-16(15)12-7-2-1-3-8-12/h1-9,14H,10H2. The number of hydrogen-bond donors (Lipinski definition) is 1. The van der Waals surface area contributed by atoms with Crippen LogP contribution < -0.4 is 4.46 Å². The average Bonchev–Trinajstić information content (AvgIpc) is 2.33. The van der Waals surface area contributed by atoms with Crippen LogP contribution in [0, 0.1) is 0 Å². The van der Waals surface area contributed by atoms with Crippen molar-refractivity contribution < 1.29 is 8.94 Å². The first-order valence-electron chi connectivity index (χ1n) is 4.97. The third kappa shape index (κ3) is 2.57. The van der Waals surface area contributed by atoms with Crippen LogP contribution in [-0.4, -0.2) is 18.9 Å². The van der Waals surface area contributed by atoms with Crippen molar-refractivity contribution in [3.8, 4) is 5.75 Å². The zero-order valence-electron chi connectivity index (χ0n) is 8.67. The topological polar surface area (TPSA) is 37.3 Å². The molecule has 0 aliphatic carbocycles. The normalized spacial score (nSPS) is 12.2. The molecule has 16 heavy (non-hydrogen) atoms. The molecule has 1 unspecified atom stereocenters. The van der Waals surface area contributed by atoms with Gasteiger partial charge in [-0.15, -0.1) is 0 Å². The third-order valence-electron chi connectivity index (χ3n) is 2.28. The van der Waals surface area contributed by atoms with Gasteiger partial charge in [0.25, 0.3) is 0 Å². The Bertz CT molecular complexity index is 494. The number of rotatable bonds is 3. The molecule has 0 saturated carbocycles. The second-order valence-corrected chi connectivity index (χ2v) is 6.48. The van der Waals surface area contributed by atoms with Gasteiger partial charge in [0.05, 0.1) is 0 Å². The van der Waals surface area contributed by atoms with Crippen molar-refractivity contribution in [3.05, 3.63) is 60.2 Å². The molecule has 0 saturated heterocycles. The Morgan fingerprint density at radius 3 is 2.25 bits per heavy atom. The molecule has 2 aromatic carbocycles. The van der Waals surface area contributed by atoms with Crippen molar-refractivity contribution in [2.45, 2.75) is 5.32 Å². The fourth-order valence-electron chi connectivity index (χ4n) is 1.43. The second-order valence-electron chi connectivity index (χ2n) is 3.43. The van der Waals surface area contributed by atoms with Gasteiger partial charge in [-0.1, -0.05) is 0 Å². The Hall–Kier alpha value is -1.44. The minimum absolute atomic E-state index is 0.225. The molecule has 0 aromatic heterocycles. The first kappa shape index (κ1) is 11.1. The van der Waals surface area contributed by atoms with Crippen LogP contribution in [0.2, 0.25) is 0 Å². The molecule has 82 valence electrons. The monoisotopic (exact) mass is 280 g/mol. The van der Waals surface area contributed by atoms with E-state index in [0.717, 1.165) is 10.0 Å². The van der Waals surface area contributed by atoms with Crippen LogP contribution in [0.4, 0.5) is 0 Å². The molecule has 0 heterocycles. The summed E-state index contributed by atoms with van der Waals surface area (Å²) in [5.74, 6) is 0.225. The van der Waals surface area contributed by atoms with Gasteiger partial charge in [0.2, 0.25) is 0 Å². The molecule has 2 nitrogen and oxygen atoms in total. The Morgan fingerprint density at radius 2 is 1.56 bits per heavy atom. The molecule has 0 spiro atoms. The van der Waals surface area contributed by atoms with E-state index in [9.17, 15) is 8.94 Å². The van der Waals surface area contributed by atoms with E-state index in [1.807, 2.05) is 42.5 Å². The fraction of sp³-hybridized carbons (Fsp3) is 0.0769.